The molecule has 0 radical (unpaired) electrons. The lowest BCUT2D eigenvalue weighted by Gasteiger charge is -2.18. The molecule has 1 fully saturated rings. The highest BCUT2D eigenvalue weighted by molar-refractivity contribution is 7.71. The fourth-order valence-electron chi connectivity index (χ4n) is 1.98. The van der Waals surface area contributed by atoms with Crippen molar-refractivity contribution in [2.45, 2.75) is 18.9 Å². The molecule has 0 bridgehead atoms. The third-order valence-corrected chi connectivity index (χ3v) is 3.40. The number of anilines is 2. The molecule has 6 heteroatoms. The molecule has 0 saturated heterocycles. The van der Waals surface area contributed by atoms with Gasteiger partial charge in [-0.2, -0.15) is 0 Å². The lowest BCUT2D eigenvalue weighted by atomic mass is 10.3. The number of hydrogen-bond donors (Lipinski definition) is 1. The molecule has 0 amide bonds. The van der Waals surface area contributed by atoms with Crippen molar-refractivity contribution in [2.24, 2.45) is 0 Å². The molecule has 1 N–H and O–H groups in total. The Morgan fingerprint density at radius 3 is 2.67 bits per heavy atom. The smallest absolute Gasteiger partial charge is 0.230 e. The number of H-pyrrole nitrogens is 1. The van der Waals surface area contributed by atoms with E-state index in [1.807, 2.05) is 16.5 Å². The van der Waals surface area contributed by atoms with Gasteiger partial charge in [-0.3, -0.25) is 4.57 Å². The Morgan fingerprint density at radius 1 is 1.39 bits per heavy atom. The van der Waals surface area contributed by atoms with Gasteiger partial charge in [-0.15, -0.1) is 5.10 Å². The SMILES string of the molecule is CN(c1ccc(F)cc1)c1n[nH]c(=S)n1C1CC1. The predicted octanol–water partition coefficient (Wildman–Crippen LogP) is 3.18. The van der Waals surface area contributed by atoms with Crippen molar-refractivity contribution in [2.75, 3.05) is 11.9 Å². The van der Waals surface area contributed by atoms with Crippen LogP contribution in [-0.4, -0.2) is 21.8 Å². The molecule has 1 aromatic carbocycles. The summed E-state index contributed by atoms with van der Waals surface area (Å²) < 4.78 is 15.6. The average Bonchev–Trinajstić information content (AvgIpc) is 3.13. The van der Waals surface area contributed by atoms with Crippen molar-refractivity contribution >= 4 is 23.9 Å². The van der Waals surface area contributed by atoms with Gasteiger partial charge in [0.1, 0.15) is 5.82 Å². The van der Waals surface area contributed by atoms with E-state index in [9.17, 15) is 4.39 Å². The number of hydrogen-bond acceptors (Lipinski definition) is 3. The quantitative estimate of drug-likeness (QED) is 0.865. The van der Waals surface area contributed by atoms with Gasteiger partial charge in [-0.05, 0) is 49.3 Å². The first-order valence-corrected chi connectivity index (χ1v) is 6.24. The van der Waals surface area contributed by atoms with Gasteiger partial charge in [0.15, 0.2) is 4.77 Å². The van der Waals surface area contributed by atoms with Crippen LogP contribution >= 0.6 is 12.2 Å². The van der Waals surface area contributed by atoms with E-state index in [4.69, 9.17) is 12.2 Å². The summed E-state index contributed by atoms with van der Waals surface area (Å²) in [5, 5.41) is 7.07. The number of rotatable bonds is 3. The van der Waals surface area contributed by atoms with Crippen molar-refractivity contribution in [3.63, 3.8) is 0 Å². The highest BCUT2D eigenvalue weighted by Crippen LogP contribution is 2.38. The molecule has 4 nitrogen and oxygen atoms in total. The molecular formula is C12H13FN4S. The van der Waals surface area contributed by atoms with E-state index in [1.54, 1.807) is 12.1 Å². The highest BCUT2D eigenvalue weighted by atomic mass is 32.1. The zero-order valence-corrected chi connectivity index (χ0v) is 10.7. The van der Waals surface area contributed by atoms with E-state index in [-0.39, 0.29) is 5.82 Å². The Balaban J connectivity index is 1.99. The van der Waals surface area contributed by atoms with E-state index in [0.717, 1.165) is 24.5 Å². The molecule has 1 aromatic heterocycles. The standard InChI is InChI=1S/C12H13FN4S/c1-16(9-4-2-8(13)3-5-9)11-14-15-12(18)17(11)10-6-7-10/h2-5,10H,6-7H2,1H3,(H,15,18). The van der Waals surface area contributed by atoms with Crippen LogP contribution in [-0.2, 0) is 0 Å². The Hall–Kier alpha value is -1.69. The number of nitrogens with zero attached hydrogens (tertiary/aromatic N) is 3. The fourth-order valence-corrected chi connectivity index (χ4v) is 2.25. The second-order valence-electron chi connectivity index (χ2n) is 4.47. The van der Waals surface area contributed by atoms with E-state index < -0.39 is 0 Å². The highest BCUT2D eigenvalue weighted by Gasteiger charge is 2.28. The van der Waals surface area contributed by atoms with Gasteiger partial charge in [-0.1, -0.05) is 0 Å². The first kappa shape index (κ1) is 11.4. The van der Waals surface area contributed by atoms with Crippen LogP contribution in [0.5, 0.6) is 0 Å². The summed E-state index contributed by atoms with van der Waals surface area (Å²) in [7, 11) is 1.90. The second kappa shape index (κ2) is 4.20. The molecule has 0 aliphatic heterocycles. The normalized spacial score (nSPS) is 14.8. The van der Waals surface area contributed by atoms with E-state index in [1.165, 1.54) is 12.1 Å². The van der Waals surface area contributed by atoms with Crippen LogP contribution in [0.25, 0.3) is 0 Å². The zero-order chi connectivity index (χ0) is 12.7. The van der Waals surface area contributed by atoms with Gasteiger partial charge in [0.2, 0.25) is 5.95 Å². The summed E-state index contributed by atoms with van der Waals surface area (Å²) in [5.41, 5.74) is 0.882. The summed E-state index contributed by atoms with van der Waals surface area (Å²) in [6.07, 6.45) is 2.27. The van der Waals surface area contributed by atoms with Crippen LogP contribution in [0, 0.1) is 10.6 Å². The number of aromatic nitrogens is 3. The summed E-state index contributed by atoms with van der Waals surface area (Å²) in [4.78, 5) is 1.91. The second-order valence-corrected chi connectivity index (χ2v) is 4.85. The van der Waals surface area contributed by atoms with Crippen molar-refractivity contribution in [1.82, 2.24) is 14.8 Å². The van der Waals surface area contributed by atoms with Gasteiger partial charge < -0.3 is 4.90 Å². The molecule has 0 unspecified atom stereocenters. The third-order valence-electron chi connectivity index (χ3n) is 3.11. The molecule has 3 rings (SSSR count). The Bertz CT molecular complexity index is 612. The van der Waals surface area contributed by atoms with E-state index in [0.29, 0.717) is 10.8 Å². The van der Waals surface area contributed by atoms with Crippen LogP contribution in [0.15, 0.2) is 24.3 Å². The first-order valence-electron chi connectivity index (χ1n) is 5.83. The minimum Gasteiger partial charge on any atom is -0.314 e. The Kier molecular flexibility index (Phi) is 2.66. The van der Waals surface area contributed by atoms with Crippen LogP contribution in [0.2, 0.25) is 0 Å². The minimum atomic E-state index is -0.242. The van der Waals surface area contributed by atoms with Crippen molar-refractivity contribution in [3.8, 4) is 0 Å². The summed E-state index contributed by atoms with van der Waals surface area (Å²) in [6.45, 7) is 0. The topological polar surface area (TPSA) is 36.9 Å². The number of aromatic amines is 1. The third kappa shape index (κ3) is 1.92. The maximum Gasteiger partial charge on any atom is 0.230 e. The molecule has 0 spiro atoms. The van der Waals surface area contributed by atoms with Gasteiger partial charge >= 0.3 is 0 Å². The van der Waals surface area contributed by atoms with Gasteiger partial charge in [0.05, 0.1) is 0 Å². The molecule has 1 saturated carbocycles. The molecule has 1 aliphatic rings. The largest absolute Gasteiger partial charge is 0.314 e. The lowest BCUT2D eigenvalue weighted by Crippen LogP contribution is -2.15. The molecule has 18 heavy (non-hydrogen) atoms. The first-order chi connectivity index (χ1) is 8.66. The minimum absolute atomic E-state index is 0.242. The maximum absolute atomic E-state index is 12.9. The average molecular weight is 264 g/mol. The Morgan fingerprint density at radius 2 is 2.06 bits per heavy atom. The van der Waals surface area contributed by atoms with Crippen LogP contribution in [0.4, 0.5) is 16.0 Å². The van der Waals surface area contributed by atoms with Gasteiger partial charge in [-0.25, -0.2) is 9.49 Å². The predicted molar refractivity (Wildman–Crippen MR) is 70.1 cm³/mol. The maximum atomic E-state index is 12.9. The molecule has 1 heterocycles. The molecular weight excluding hydrogens is 251 g/mol. The number of halogens is 1. The molecule has 94 valence electrons. The van der Waals surface area contributed by atoms with Crippen LogP contribution in [0.3, 0.4) is 0 Å². The van der Waals surface area contributed by atoms with Crippen molar-refractivity contribution in [1.29, 1.82) is 0 Å². The molecule has 1 aliphatic carbocycles. The summed E-state index contributed by atoms with van der Waals surface area (Å²) in [5.74, 6) is 0.530. The monoisotopic (exact) mass is 264 g/mol. The van der Waals surface area contributed by atoms with Crippen molar-refractivity contribution < 1.29 is 4.39 Å². The van der Waals surface area contributed by atoms with E-state index >= 15 is 0 Å². The molecule has 2 aromatic rings. The number of benzene rings is 1. The molecule has 0 atom stereocenters. The van der Waals surface area contributed by atoms with Gasteiger partial charge in [0, 0.05) is 18.8 Å². The van der Waals surface area contributed by atoms with E-state index in [2.05, 4.69) is 10.2 Å². The fraction of sp³-hybridized carbons (Fsp3) is 0.333. The lowest BCUT2D eigenvalue weighted by molar-refractivity contribution is 0.627. The zero-order valence-electron chi connectivity index (χ0n) is 9.93. The van der Waals surface area contributed by atoms with Crippen LogP contribution in [0.1, 0.15) is 18.9 Å². The van der Waals surface area contributed by atoms with Crippen LogP contribution < -0.4 is 4.90 Å². The summed E-state index contributed by atoms with van der Waals surface area (Å²) >= 11 is 5.24. The van der Waals surface area contributed by atoms with Crippen molar-refractivity contribution in [3.05, 3.63) is 34.9 Å². The summed E-state index contributed by atoms with van der Waals surface area (Å²) in [6, 6.07) is 6.78. The Labute approximate surface area is 109 Å². The van der Waals surface area contributed by atoms with Gasteiger partial charge in [0.25, 0.3) is 0 Å². The number of nitrogens with one attached hydrogen (secondary N) is 1.